The Hall–Kier alpha value is -4.26. The van der Waals surface area contributed by atoms with Gasteiger partial charge < -0.3 is 14.2 Å². The van der Waals surface area contributed by atoms with Crippen LogP contribution in [0, 0.1) is 6.92 Å². The maximum atomic E-state index is 13.4. The van der Waals surface area contributed by atoms with Crippen LogP contribution in [0.4, 0.5) is 5.95 Å². The summed E-state index contributed by atoms with van der Waals surface area (Å²) in [5.74, 6) is 1.97. The van der Waals surface area contributed by atoms with Gasteiger partial charge in [-0.1, -0.05) is 12.1 Å². The number of para-hydroxylation sites is 1. The van der Waals surface area contributed by atoms with Crippen molar-refractivity contribution >= 4 is 16.0 Å². The monoisotopic (exact) mass is 525 g/mol. The molecule has 0 fully saturated rings. The number of pyridine rings is 1. The second-order valence-electron chi connectivity index (χ2n) is 8.06. The fourth-order valence-corrected chi connectivity index (χ4v) is 4.63. The molecule has 1 aromatic carbocycles. The molecule has 4 rings (SSSR count). The Morgan fingerprint density at radius 3 is 2.22 bits per heavy atom. The molecule has 0 saturated heterocycles. The average molecular weight is 526 g/mol. The highest BCUT2D eigenvalue weighted by molar-refractivity contribution is 7.93. The molecule has 0 saturated carbocycles. The number of benzene rings is 1. The van der Waals surface area contributed by atoms with Gasteiger partial charge >= 0.3 is 0 Å². The topological polar surface area (TPSA) is 143 Å². The number of aryl methyl sites for hydroxylation is 1. The predicted molar refractivity (Wildman–Crippen MR) is 137 cm³/mol. The van der Waals surface area contributed by atoms with Gasteiger partial charge in [0.15, 0.2) is 5.82 Å². The molecular formula is C24H27N7O5S. The third kappa shape index (κ3) is 5.45. The highest BCUT2D eigenvalue weighted by Gasteiger charge is 2.28. The summed E-state index contributed by atoms with van der Waals surface area (Å²) in [5.41, 5.74) is 1.49. The first-order valence-electron chi connectivity index (χ1n) is 11.2. The van der Waals surface area contributed by atoms with Gasteiger partial charge in [-0.2, -0.15) is 0 Å². The van der Waals surface area contributed by atoms with Crippen LogP contribution in [0.5, 0.6) is 17.4 Å². The fourth-order valence-electron chi connectivity index (χ4n) is 3.63. The number of nitrogens with one attached hydrogen (secondary N) is 1. The fraction of sp³-hybridized carbons (Fsp3) is 0.292. The number of ether oxygens (including phenoxy) is 3. The summed E-state index contributed by atoms with van der Waals surface area (Å²) in [6.07, 6.45) is 3.43. The number of sulfonamides is 1. The molecule has 3 heterocycles. The highest BCUT2D eigenvalue weighted by Crippen LogP contribution is 2.37. The Bertz CT molecular complexity index is 1470. The number of hydrogen-bond acceptors (Lipinski definition) is 10. The van der Waals surface area contributed by atoms with E-state index in [1.807, 2.05) is 0 Å². The maximum absolute atomic E-state index is 13.4. The lowest BCUT2D eigenvalue weighted by molar-refractivity contribution is 0.391. The highest BCUT2D eigenvalue weighted by atomic mass is 32.2. The second kappa shape index (κ2) is 10.8. The van der Waals surface area contributed by atoms with Crippen LogP contribution < -0.4 is 18.9 Å². The van der Waals surface area contributed by atoms with E-state index in [4.69, 9.17) is 14.2 Å². The zero-order valence-electron chi connectivity index (χ0n) is 21.0. The smallest absolute Gasteiger partial charge is 0.243 e. The molecule has 0 unspecified atom stereocenters. The quantitative estimate of drug-likeness (QED) is 0.328. The van der Waals surface area contributed by atoms with Gasteiger partial charge in [0, 0.05) is 18.5 Å². The number of nitrogens with zero attached hydrogens (tertiary/aromatic N) is 6. The first-order chi connectivity index (χ1) is 17.8. The molecule has 3 aromatic heterocycles. The molecule has 0 aliphatic carbocycles. The molecule has 0 aliphatic heterocycles. The van der Waals surface area contributed by atoms with Crippen molar-refractivity contribution in [3.05, 3.63) is 60.2 Å². The number of aromatic nitrogens is 6. The summed E-state index contributed by atoms with van der Waals surface area (Å²) in [5, 5.41) is 7.60. The van der Waals surface area contributed by atoms with E-state index >= 15 is 0 Å². The van der Waals surface area contributed by atoms with Gasteiger partial charge in [0.25, 0.3) is 0 Å². The summed E-state index contributed by atoms with van der Waals surface area (Å²) in [6, 6.07) is 10.3. The molecule has 4 aromatic rings. The number of rotatable bonds is 10. The number of hydrogen-bond donors (Lipinski definition) is 1. The Morgan fingerprint density at radius 1 is 0.946 bits per heavy atom. The average Bonchev–Trinajstić information content (AvgIpc) is 3.31. The van der Waals surface area contributed by atoms with Crippen molar-refractivity contribution in [3.8, 4) is 34.6 Å². The van der Waals surface area contributed by atoms with Gasteiger partial charge in [-0.15, -0.1) is 10.2 Å². The van der Waals surface area contributed by atoms with Gasteiger partial charge in [-0.3, -0.25) is 9.29 Å². The van der Waals surface area contributed by atoms with Gasteiger partial charge in [-0.25, -0.2) is 23.4 Å². The molecule has 13 heteroatoms. The Kier molecular flexibility index (Phi) is 7.53. The van der Waals surface area contributed by atoms with Crippen LogP contribution in [0.1, 0.15) is 18.3 Å². The lowest BCUT2D eigenvalue weighted by Gasteiger charge is -2.19. The first kappa shape index (κ1) is 25.8. The zero-order valence-corrected chi connectivity index (χ0v) is 21.9. The van der Waals surface area contributed by atoms with E-state index in [-0.39, 0.29) is 18.2 Å². The molecule has 37 heavy (non-hydrogen) atoms. The minimum absolute atomic E-state index is 0.0607. The van der Waals surface area contributed by atoms with Crippen molar-refractivity contribution in [3.63, 3.8) is 0 Å². The van der Waals surface area contributed by atoms with Crippen LogP contribution in [-0.2, 0) is 16.4 Å². The van der Waals surface area contributed by atoms with Gasteiger partial charge in [0.2, 0.25) is 21.9 Å². The van der Waals surface area contributed by atoms with Crippen molar-refractivity contribution < 1.29 is 22.6 Å². The second-order valence-corrected chi connectivity index (χ2v) is 10.2. The van der Waals surface area contributed by atoms with Gasteiger partial charge in [0.05, 0.1) is 26.6 Å². The molecule has 12 nitrogen and oxygen atoms in total. The van der Waals surface area contributed by atoms with Crippen LogP contribution >= 0.6 is 0 Å². The standard InChI is InChI=1S/C24H27N7O5S/c1-15(12-17-13-25-16(2)26-14-17)37(32,33)30-24-29-28-23(18-8-6-11-21(27-18)36-5)31(24)22-19(34-3)9-7-10-20(22)35-4/h6-11,13-15H,12H2,1-5H3,(H,29,30)/t15-/m1/s1. The van der Waals surface area contributed by atoms with Crippen molar-refractivity contribution in [2.24, 2.45) is 0 Å². The van der Waals surface area contributed by atoms with Crippen LogP contribution in [0.2, 0.25) is 0 Å². The minimum Gasteiger partial charge on any atom is -0.494 e. The van der Waals surface area contributed by atoms with Crippen LogP contribution in [0.3, 0.4) is 0 Å². The first-order valence-corrected chi connectivity index (χ1v) is 12.8. The van der Waals surface area contributed by atoms with E-state index in [0.29, 0.717) is 40.1 Å². The lowest BCUT2D eigenvalue weighted by Crippen LogP contribution is -2.28. The van der Waals surface area contributed by atoms with Gasteiger partial charge in [0.1, 0.15) is 28.7 Å². The van der Waals surface area contributed by atoms with Crippen molar-refractivity contribution in [2.75, 3.05) is 26.1 Å². The van der Waals surface area contributed by atoms with Crippen LogP contribution in [-0.4, -0.2) is 64.7 Å². The summed E-state index contributed by atoms with van der Waals surface area (Å²) < 4.78 is 47.3. The normalized spacial score (nSPS) is 12.1. The zero-order chi connectivity index (χ0) is 26.6. The molecule has 194 valence electrons. The van der Waals surface area contributed by atoms with E-state index in [0.717, 1.165) is 0 Å². The van der Waals surface area contributed by atoms with Gasteiger partial charge in [-0.05, 0) is 44.0 Å². The SMILES string of the molecule is COc1cccc(-c2nnc(NS(=O)(=O)[C@H](C)Cc3cnc(C)nc3)n2-c2c(OC)cccc2OC)n1. The van der Waals surface area contributed by atoms with E-state index in [1.165, 1.54) is 25.9 Å². The predicted octanol–water partition coefficient (Wildman–Crippen LogP) is 2.83. The summed E-state index contributed by atoms with van der Waals surface area (Å²) >= 11 is 0. The maximum Gasteiger partial charge on any atom is 0.243 e. The molecule has 1 atom stereocenters. The summed E-state index contributed by atoms with van der Waals surface area (Å²) in [6.45, 7) is 3.36. The van der Waals surface area contributed by atoms with E-state index in [9.17, 15) is 8.42 Å². The minimum atomic E-state index is -3.93. The molecular weight excluding hydrogens is 498 g/mol. The molecule has 0 radical (unpaired) electrons. The molecule has 0 spiro atoms. The van der Waals surface area contributed by atoms with Crippen LogP contribution in [0.25, 0.3) is 17.2 Å². The van der Waals surface area contributed by atoms with E-state index < -0.39 is 15.3 Å². The third-order valence-corrected chi connectivity index (χ3v) is 7.26. The largest absolute Gasteiger partial charge is 0.494 e. The molecule has 0 aliphatic rings. The summed E-state index contributed by atoms with van der Waals surface area (Å²) in [4.78, 5) is 12.7. The Labute approximate surface area is 214 Å². The number of anilines is 1. The third-order valence-electron chi connectivity index (χ3n) is 5.57. The number of methoxy groups -OCH3 is 3. The van der Waals surface area contributed by atoms with Crippen molar-refractivity contribution in [1.82, 2.24) is 29.7 Å². The summed E-state index contributed by atoms with van der Waals surface area (Å²) in [7, 11) is 0.575. The Morgan fingerprint density at radius 2 is 1.59 bits per heavy atom. The molecule has 0 bridgehead atoms. The van der Waals surface area contributed by atoms with Crippen LogP contribution in [0.15, 0.2) is 48.8 Å². The van der Waals surface area contributed by atoms with E-state index in [1.54, 1.807) is 62.6 Å². The molecule has 1 N–H and O–H groups in total. The van der Waals surface area contributed by atoms with Crippen molar-refractivity contribution in [1.29, 1.82) is 0 Å². The molecule has 0 amide bonds. The van der Waals surface area contributed by atoms with E-state index in [2.05, 4.69) is 29.9 Å². The Balaban J connectivity index is 1.82. The lowest BCUT2D eigenvalue weighted by atomic mass is 10.2. The van der Waals surface area contributed by atoms with Crippen molar-refractivity contribution in [2.45, 2.75) is 25.5 Å².